The van der Waals surface area contributed by atoms with E-state index in [4.69, 9.17) is 0 Å². The summed E-state index contributed by atoms with van der Waals surface area (Å²) in [7, 11) is 1.70. The predicted octanol–water partition coefficient (Wildman–Crippen LogP) is 0.829. The Morgan fingerprint density at radius 1 is 1.71 bits per heavy atom. The van der Waals surface area contributed by atoms with Gasteiger partial charge in [-0.05, 0) is 18.4 Å². The number of carbonyl (C=O) groups is 1. The molecule has 1 aliphatic heterocycles. The van der Waals surface area contributed by atoms with Gasteiger partial charge in [0.25, 0.3) is 0 Å². The second-order valence-corrected chi connectivity index (χ2v) is 5.24. The maximum absolute atomic E-state index is 11.9. The molecule has 2 rings (SSSR count). The number of piperazine rings is 1. The Morgan fingerprint density at radius 3 is 3.18 bits per heavy atom. The molecular formula is C12H19N3OS. The summed E-state index contributed by atoms with van der Waals surface area (Å²) < 4.78 is 0. The number of amides is 1. The summed E-state index contributed by atoms with van der Waals surface area (Å²) in [4.78, 5) is 15.5. The van der Waals surface area contributed by atoms with Crippen molar-refractivity contribution in [3.8, 4) is 0 Å². The standard InChI is InChI=1S/C12H19N3OS/c1-9(11-4-3-7-17-11)15-6-5-14-8-10(15)12(16)13-2/h3-4,7,9-10,14H,5-6,8H2,1-2H3,(H,13,16). The van der Waals surface area contributed by atoms with Gasteiger partial charge in [0.2, 0.25) is 5.91 Å². The Bertz CT molecular complexity index is 366. The van der Waals surface area contributed by atoms with Crippen LogP contribution in [-0.4, -0.2) is 43.5 Å². The zero-order valence-corrected chi connectivity index (χ0v) is 11.1. The Balaban J connectivity index is 2.13. The lowest BCUT2D eigenvalue weighted by Gasteiger charge is -2.38. The molecule has 5 heteroatoms. The molecule has 1 aromatic rings. The molecule has 2 unspecified atom stereocenters. The SMILES string of the molecule is CNC(=O)C1CNCCN1C(C)c1cccs1. The first kappa shape index (κ1) is 12.5. The number of rotatable bonds is 3. The average Bonchev–Trinajstić information content (AvgIpc) is 2.91. The highest BCUT2D eigenvalue weighted by atomic mass is 32.1. The van der Waals surface area contributed by atoms with Gasteiger partial charge >= 0.3 is 0 Å². The van der Waals surface area contributed by atoms with Crippen LogP contribution in [0.5, 0.6) is 0 Å². The zero-order chi connectivity index (χ0) is 12.3. The van der Waals surface area contributed by atoms with Gasteiger partial charge in [0.05, 0.1) is 0 Å². The van der Waals surface area contributed by atoms with E-state index in [1.165, 1.54) is 4.88 Å². The molecule has 0 saturated carbocycles. The predicted molar refractivity (Wildman–Crippen MR) is 70.2 cm³/mol. The molecule has 0 radical (unpaired) electrons. The van der Waals surface area contributed by atoms with Crippen LogP contribution in [0.1, 0.15) is 17.8 Å². The van der Waals surface area contributed by atoms with Crippen LogP contribution in [0.15, 0.2) is 17.5 Å². The van der Waals surface area contributed by atoms with E-state index in [0.29, 0.717) is 6.04 Å². The Hall–Kier alpha value is -0.910. The van der Waals surface area contributed by atoms with Gasteiger partial charge in [0.15, 0.2) is 0 Å². The fraction of sp³-hybridized carbons (Fsp3) is 0.583. The molecule has 1 fully saturated rings. The van der Waals surface area contributed by atoms with Gasteiger partial charge in [-0.25, -0.2) is 0 Å². The van der Waals surface area contributed by atoms with E-state index < -0.39 is 0 Å². The van der Waals surface area contributed by atoms with E-state index >= 15 is 0 Å². The molecule has 0 aromatic carbocycles. The van der Waals surface area contributed by atoms with Crippen LogP contribution >= 0.6 is 11.3 Å². The molecule has 0 spiro atoms. The Labute approximate surface area is 106 Å². The first-order valence-corrected chi connectivity index (χ1v) is 6.83. The Kier molecular flexibility index (Phi) is 4.15. The van der Waals surface area contributed by atoms with Gasteiger partial charge in [0.1, 0.15) is 6.04 Å². The topological polar surface area (TPSA) is 44.4 Å². The highest BCUT2D eigenvalue weighted by molar-refractivity contribution is 7.10. The first-order valence-electron chi connectivity index (χ1n) is 5.95. The van der Waals surface area contributed by atoms with Crippen molar-refractivity contribution >= 4 is 17.2 Å². The lowest BCUT2D eigenvalue weighted by atomic mass is 10.1. The van der Waals surface area contributed by atoms with Crippen LogP contribution < -0.4 is 10.6 Å². The largest absolute Gasteiger partial charge is 0.358 e. The lowest BCUT2D eigenvalue weighted by molar-refractivity contribution is -0.127. The van der Waals surface area contributed by atoms with Gasteiger partial charge in [-0.2, -0.15) is 0 Å². The summed E-state index contributed by atoms with van der Waals surface area (Å²) in [6.45, 7) is 4.77. The molecule has 1 aliphatic rings. The number of nitrogens with zero attached hydrogens (tertiary/aromatic N) is 1. The van der Waals surface area contributed by atoms with Crippen LogP contribution in [-0.2, 0) is 4.79 Å². The second-order valence-electron chi connectivity index (χ2n) is 4.26. The van der Waals surface area contributed by atoms with Crippen LogP contribution in [0.2, 0.25) is 0 Å². The molecule has 4 nitrogen and oxygen atoms in total. The molecule has 1 saturated heterocycles. The van der Waals surface area contributed by atoms with Crippen LogP contribution in [0.3, 0.4) is 0 Å². The van der Waals surface area contributed by atoms with Crippen molar-refractivity contribution in [3.63, 3.8) is 0 Å². The lowest BCUT2D eigenvalue weighted by Crippen LogP contribution is -2.57. The molecule has 0 bridgehead atoms. The maximum Gasteiger partial charge on any atom is 0.238 e. The van der Waals surface area contributed by atoms with Gasteiger partial charge in [-0.15, -0.1) is 11.3 Å². The van der Waals surface area contributed by atoms with Crippen molar-refractivity contribution < 1.29 is 4.79 Å². The van der Waals surface area contributed by atoms with Crippen molar-refractivity contribution in [1.29, 1.82) is 0 Å². The molecule has 1 aromatic heterocycles. The third-order valence-corrected chi connectivity index (χ3v) is 4.33. The highest BCUT2D eigenvalue weighted by Crippen LogP contribution is 2.26. The smallest absolute Gasteiger partial charge is 0.238 e. The number of carbonyl (C=O) groups excluding carboxylic acids is 1. The molecule has 2 atom stereocenters. The van der Waals surface area contributed by atoms with Gasteiger partial charge < -0.3 is 10.6 Å². The van der Waals surface area contributed by atoms with Crippen molar-refractivity contribution in [2.75, 3.05) is 26.7 Å². The molecule has 94 valence electrons. The number of hydrogen-bond donors (Lipinski definition) is 2. The third kappa shape index (κ3) is 2.68. The van der Waals surface area contributed by atoms with E-state index in [9.17, 15) is 4.79 Å². The molecular weight excluding hydrogens is 234 g/mol. The normalized spacial score (nSPS) is 23.3. The summed E-state index contributed by atoms with van der Waals surface area (Å²) in [6.07, 6.45) is 0. The molecule has 0 aliphatic carbocycles. The second kappa shape index (κ2) is 5.62. The quantitative estimate of drug-likeness (QED) is 0.838. The van der Waals surface area contributed by atoms with E-state index in [-0.39, 0.29) is 11.9 Å². The minimum absolute atomic E-state index is 0.0640. The summed E-state index contributed by atoms with van der Waals surface area (Å²) in [5.74, 6) is 0.0978. The number of thiophene rings is 1. The van der Waals surface area contributed by atoms with Crippen molar-refractivity contribution in [2.24, 2.45) is 0 Å². The van der Waals surface area contributed by atoms with Crippen molar-refractivity contribution in [3.05, 3.63) is 22.4 Å². The monoisotopic (exact) mass is 253 g/mol. The maximum atomic E-state index is 11.9. The average molecular weight is 253 g/mol. The number of nitrogens with one attached hydrogen (secondary N) is 2. The number of hydrogen-bond acceptors (Lipinski definition) is 4. The zero-order valence-electron chi connectivity index (χ0n) is 10.3. The van der Waals surface area contributed by atoms with Crippen LogP contribution in [0.4, 0.5) is 0 Å². The van der Waals surface area contributed by atoms with Crippen molar-refractivity contribution in [1.82, 2.24) is 15.5 Å². The first-order chi connectivity index (χ1) is 8.24. The Morgan fingerprint density at radius 2 is 2.53 bits per heavy atom. The summed E-state index contributed by atoms with van der Waals surface area (Å²) in [6, 6.07) is 4.44. The molecule has 2 N–H and O–H groups in total. The molecule has 17 heavy (non-hydrogen) atoms. The van der Waals surface area contributed by atoms with E-state index in [0.717, 1.165) is 19.6 Å². The summed E-state index contributed by atoms with van der Waals surface area (Å²) >= 11 is 1.75. The van der Waals surface area contributed by atoms with Gasteiger partial charge in [0, 0.05) is 37.6 Å². The minimum Gasteiger partial charge on any atom is -0.358 e. The molecule has 2 heterocycles. The van der Waals surface area contributed by atoms with E-state index in [2.05, 4.69) is 40.0 Å². The summed E-state index contributed by atoms with van der Waals surface area (Å²) in [5.41, 5.74) is 0. The van der Waals surface area contributed by atoms with E-state index in [1.54, 1.807) is 18.4 Å². The highest BCUT2D eigenvalue weighted by Gasteiger charge is 2.31. The minimum atomic E-state index is -0.0640. The molecule has 1 amide bonds. The fourth-order valence-corrected chi connectivity index (χ4v) is 3.09. The van der Waals surface area contributed by atoms with E-state index in [1.807, 2.05) is 0 Å². The van der Waals surface area contributed by atoms with Crippen molar-refractivity contribution in [2.45, 2.75) is 19.0 Å². The number of likely N-dealkylation sites (N-methyl/N-ethyl adjacent to an activating group) is 1. The van der Waals surface area contributed by atoms with Crippen LogP contribution in [0.25, 0.3) is 0 Å². The fourth-order valence-electron chi connectivity index (χ4n) is 2.29. The summed E-state index contributed by atoms with van der Waals surface area (Å²) in [5, 5.41) is 8.11. The van der Waals surface area contributed by atoms with Gasteiger partial charge in [-0.1, -0.05) is 6.07 Å². The van der Waals surface area contributed by atoms with Gasteiger partial charge in [-0.3, -0.25) is 9.69 Å². The van der Waals surface area contributed by atoms with Crippen LogP contribution in [0, 0.1) is 0 Å². The third-order valence-electron chi connectivity index (χ3n) is 3.29.